The Kier molecular flexibility index (Phi) is 4.01. The summed E-state index contributed by atoms with van der Waals surface area (Å²) in [7, 11) is 0. The number of likely N-dealkylation sites (tertiary alicyclic amines) is 1. The quantitative estimate of drug-likeness (QED) is 0.906. The molecule has 1 aliphatic rings. The van der Waals surface area contributed by atoms with E-state index in [-0.39, 0.29) is 12.6 Å². The number of aromatic nitrogens is 2. The van der Waals surface area contributed by atoms with Crippen LogP contribution in [0.25, 0.3) is 5.69 Å². The second kappa shape index (κ2) is 5.99. The Morgan fingerprint density at radius 2 is 2.04 bits per heavy atom. The fraction of sp³-hybridized carbons (Fsp3) is 0.353. The topological polar surface area (TPSA) is 87.5 Å². The lowest BCUT2D eigenvalue weighted by atomic mass is 9.90. The van der Waals surface area contributed by atoms with Gasteiger partial charge >= 0.3 is 12.0 Å². The van der Waals surface area contributed by atoms with Gasteiger partial charge in [-0.2, -0.15) is 5.10 Å². The average molecular weight is 328 g/mol. The predicted octanol–water partition coefficient (Wildman–Crippen LogP) is 2.51. The van der Waals surface area contributed by atoms with Gasteiger partial charge in [-0.3, -0.25) is 4.79 Å². The van der Waals surface area contributed by atoms with Crippen molar-refractivity contribution in [2.75, 3.05) is 18.4 Å². The minimum Gasteiger partial charge on any atom is -0.481 e. The molecule has 1 aliphatic heterocycles. The van der Waals surface area contributed by atoms with Crippen molar-refractivity contribution < 1.29 is 14.7 Å². The van der Waals surface area contributed by atoms with Crippen molar-refractivity contribution in [2.45, 2.75) is 20.3 Å². The van der Waals surface area contributed by atoms with Crippen molar-refractivity contribution in [3.05, 3.63) is 42.2 Å². The Bertz CT molecular complexity index is 786. The van der Waals surface area contributed by atoms with Gasteiger partial charge < -0.3 is 15.3 Å². The highest BCUT2D eigenvalue weighted by molar-refractivity contribution is 5.92. The molecule has 0 saturated carbocycles. The molecule has 1 aromatic carbocycles. The van der Waals surface area contributed by atoms with Gasteiger partial charge in [0.25, 0.3) is 0 Å². The zero-order valence-electron chi connectivity index (χ0n) is 13.7. The number of benzene rings is 1. The minimum atomic E-state index is -0.879. The van der Waals surface area contributed by atoms with E-state index in [1.165, 1.54) is 0 Å². The Balaban J connectivity index is 1.78. The molecular formula is C17H20N4O3. The standard InChI is InChI=1S/C17H20N4O3/c1-12-7-9-21(19-12)14-6-4-3-5-13(14)18-16(24)20-10-8-17(2,11-20)15(22)23/h3-7,9H,8,10-11H2,1-2H3,(H,18,24)(H,22,23). The van der Waals surface area contributed by atoms with E-state index < -0.39 is 11.4 Å². The summed E-state index contributed by atoms with van der Waals surface area (Å²) in [5, 5.41) is 16.5. The second-order valence-corrected chi connectivity index (χ2v) is 6.39. The molecule has 1 saturated heterocycles. The van der Waals surface area contributed by atoms with Crippen molar-refractivity contribution in [1.29, 1.82) is 0 Å². The molecule has 1 aromatic heterocycles. The number of nitrogens with zero attached hydrogens (tertiary/aromatic N) is 3. The number of hydrogen-bond acceptors (Lipinski definition) is 3. The van der Waals surface area contributed by atoms with Crippen LogP contribution in [0.1, 0.15) is 19.0 Å². The van der Waals surface area contributed by atoms with Gasteiger partial charge in [0.1, 0.15) is 0 Å². The monoisotopic (exact) mass is 328 g/mol. The molecule has 7 heteroatoms. The van der Waals surface area contributed by atoms with Crippen LogP contribution < -0.4 is 5.32 Å². The first-order valence-electron chi connectivity index (χ1n) is 7.80. The number of rotatable bonds is 3. The molecule has 126 valence electrons. The molecule has 0 radical (unpaired) electrons. The van der Waals surface area contributed by atoms with Crippen LogP contribution >= 0.6 is 0 Å². The first-order valence-corrected chi connectivity index (χ1v) is 7.80. The molecule has 1 unspecified atom stereocenters. The number of amides is 2. The van der Waals surface area contributed by atoms with Crippen LogP contribution in [0.5, 0.6) is 0 Å². The van der Waals surface area contributed by atoms with Crippen LogP contribution in [0.4, 0.5) is 10.5 Å². The number of nitrogens with one attached hydrogen (secondary N) is 1. The number of carbonyl (C=O) groups is 2. The maximum Gasteiger partial charge on any atom is 0.321 e. The van der Waals surface area contributed by atoms with Gasteiger partial charge in [-0.25, -0.2) is 9.48 Å². The highest BCUT2D eigenvalue weighted by Crippen LogP contribution is 2.30. The van der Waals surface area contributed by atoms with Crippen LogP contribution in [0.3, 0.4) is 0 Å². The van der Waals surface area contributed by atoms with Gasteiger partial charge in [0, 0.05) is 19.3 Å². The molecule has 0 spiro atoms. The minimum absolute atomic E-state index is 0.206. The third-order valence-corrected chi connectivity index (χ3v) is 4.39. The fourth-order valence-electron chi connectivity index (χ4n) is 2.83. The Labute approximate surface area is 139 Å². The molecule has 0 aliphatic carbocycles. The highest BCUT2D eigenvalue weighted by atomic mass is 16.4. The van der Waals surface area contributed by atoms with Gasteiger partial charge in [-0.05, 0) is 38.5 Å². The van der Waals surface area contributed by atoms with Gasteiger partial charge in [-0.1, -0.05) is 12.1 Å². The van der Waals surface area contributed by atoms with E-state index in [0.717, 1.165) is 11.4 Å². The van der Waals surface area contributed by atoms with Crippen LogP contribution in [0, 0.1) is 12.3 Å². The number of urea groups is 1. The third kappa shape index (κ3) is 2.97. The lowest BCUT2D eigenvalue weighted by Crippen LogP contribution is -2.37. The van der Waals surface area contributed by atoms with Gasteiger partial charge in [0.05, 0.1) is 22.5 Å². The van der Waals surface area contributed by atoms with Crippen molar-refractivity contribution in [2.24, 2.45) is 5.41 Å². The van der Waals surface area contributed by atoms with E-state index in [1.807, 2.05) is 37.4 Å². The van der Waals surface area contributed by atoms with Crippen LogP contribution in [0.2, 0.25) is 0 Å². The highest BCUT2D eigenvalue weighted by Gasteiger charge is 2.42. The number of hydrogen-bond donors (Lipinski definition) is 2. The molecule has 3 rings (SSSR count). The van der Waals surface area contributed by atoms with Gasteiger partial charge in [-0.15, -0.1) is 0 Å². The molecule has 2 aromatic rings. The van der Waals surface area contributed by atoms with E-state index in [0.29, 0.717) is 18.7 Å². The smallest absolute Gasteiger partial charge is 0.321 e. The molecule has 2 heterocycles. The number of aryl methyl sites for hydroxylation is 1. The zero-order valence-corrected chi connectivity index (χ0v) is 13.7. The summed E-state index contributed by atoms with van der Waals surface area (Å²) in [6.45, 7) is 4.20. The summed E-state index contributed by atoms with van der Waals surface area (Å²) in [5.74, 6) is -0.870. The average Bonchev–Trinajstić information content (AvgIpc) is 3.15. The Morgan fingerprint density at radius 1 is 1.29 bits per heavy atom. The summed E-state index contributed by atoms with van der Waals surface area (Å²) in [6.07, 6.45) is 2.29. The summed E-state index contributed by atoms with van der Waals surface area (Å²) < 4.78 is 1.70. The number of para-hydroxylation sites is 2. The maximum absolute atomic E-state index is 12.5. The number of aliphatic carboxylic acids is 1. The lowest BCUT2D eigenvalue weighted by molar-refractivity contribution is -0.146. The normalized spacial score (nSPS) is 20.2. The summed E-state index contributed by atoms with van der Waals surface area (Å²) in [5.41, 5.74) is 1.40. The van der Waals surface area contributed by atoms with E-state index in [2.05, 4.69) is 10.4 Å². The van der Waals surface area contributed by atoms with E-state index in [1.54, 1.807) is 22.6 Å². The molecule has 1 fully saturated rings. The molecule has 24 heavy (non-hydrogen) atoms. The van der Waals surface area contributed by atoms with Gasteiger partial charge in [0.15, 0.2) is 0 Å². The Hall–Kier alpha value is -2.83. The molecule has 2 N–H and O–H groups in total. The molecule has 7 nitrogen and oxygen atoms in total. The third-order valence-electron chi connectivity index (χ3n) is 4.39. The van der Waals surface area contributed by atoms with Crippen LogP contribution in [-0.2, 0) is 4.79 Å². The first kappa shape index (κ1) is 16.0. The SMILES string of the molecule is Cc1ccn(-c2ccccc2NC(=O)N2CCC(C)(C(=O)O)C2)n1. The molecule has 0 bridgehead atoms. The van der Waals surface area contributed by atoms with Gasteiger partial charge in [0.2, 0.25) is 0 Å². The van der Waals surface area contributed by atoms with E-state index in [9.17, 15) is 14.7 Å². The summed E-state index contributed by atoms with van der Waals surface area (Å²) in [4.78, 5) is 25.4. The van der Waals surface area contributed by atoms with Crippen molar-refractivity contribution in [3.8, 4) is 5.69 Å². The molecule has 1 atom stereocenters. The zero-order chi connectivity index (χ0) is 17.3. The predicted molar refractivity (Wildman–Crippen MR) is 89.3 cm³/mol. The lowest BCUT2D eigenvalue weighted by Gasteiger charge is -2.21. The maximum atomic E-state index is 12.5. The van der Waals surface area contributed by atoms with Crippen LogP contribution in [0.15, 0.2) is 36.5 Å². The summed E-state index contributed by atoms with van der Waals surface area (Å²) >= 11 is 0. The number of carbonyl (C=O) groups excluding carboxylic acids is 1. The summed E-state index contributed by atoms with van der Waals surface area (Å²) in [6, 6.07) is 8.97. The van der Waals surface area contributed by atoms with Crippen molar-refractivity contribution in [3.63, 3.8) is 0 Å². The van der Waals surface area contributed by atoms with E-state index >= 15 is 0 Å². The first-order chi connectivity index (χ1) is 11.4. The van der Waals surface area contributed by atoms with Crippen molar-refractivity contribution in [1.82, 2.24) is 14.7 Å². The second-order valence-electron chi connectivity index (χ2n) is 6.39. The Morgan fingerprint density at radius 3 is 2.67 bits per heavy atom. The van der Waals surface area contributed by atoms with Crippen LogP contribution in [-0.4, -0.2) is 44.9 Å². The number of carboxylic acids is 1. The van der Waals surface area contributed by atoms with E-state index in [4.69, 9.17) is 0 Å². The molecular weight excluding hydrogens is 308 g/mol. The largest absolute Gasteiger partial charge is 0.481 e. The number of carboxylic acid groups (broad SMARTS) is 1. The number of anilines is 1. The van der Waals surface area contributed by atoms with Crippen molar-refractivity contribution >= 4 is 17.7 Å². The molecule has 2 amide bonds. The fourth-order valence-corrected chi connectivity index (χ4v) is 2.83.